The van der Waals surface area contributed by atoms with Crippen molar-refractivity contribution in [1.29, 1.82) is 0 Å². The number of benzene rings is 1. The van der Waals surface area contributed by atoms with Gasteiger partial charge in [0.25, 0.3) is 0 Å². The fraction of sp³-hybridized carbons (Fsp3) is 0.455. The van der Waals surface area contributed by atoms with Crippen molar-refractivity contribution in [3.05, 3.63) is 30.3 Å². The molecule has 2 saturated heterocycles. The summed E-state index contributed by atoms with van der Waals surface area (Å²) in [6.07, 6.45) is 0. The summed E-state index contributed by atoms with van der Waals surface area (Å²) in [6.45, 7) is 2.03. The van der Waals surface area contributed by atoms with Crippen LogP contribution in [0.15, 0.2) is 35.2 Å². The molecule has 1 aromatic rings. The van der Waals surface area contributed by atoms with E-state index in [0.717, 1.165) is 13.1 Å². The SMILES string of the molecule is O=S(=O)(c1ccccc1)C1OCC12CNC2. The van der Waals surface area contributed by atoms with Crippen LogP contribution >= 0.6 is 0 Å². The highest BCUT2D eigenvalue weighted by Gasteiger charge is 2.58. The van der Waals surface area contributed by atoms with Crippen LogP contribution in [0.3, 0.4) is 0 Å². The van der Waals surface area contributed by atoms with Crippen LogP contribution in [0.4, 0.5) is 0 Å². The second-order valence-corrected chi connectivity index (χ2v) is 6.46. The van der Waals surface area contributed by atoms with Gasteiger partial charge in [-0.05, 0) is 12.1 Å². The maximum Gasteiger partial charge on any atom is 0.205 e. The minimum absolute atomic E-state index is 0.172. The first-order chi connectivity index (χ1) is 7.65. The molecule has 1 spiro atoms. The molecular weight excluding hydrogens is 226 g/mol. The molecule has 2 fully saturated rings. The highest BCUT2D eigenvalue weighted by Crippen LogP contribution is 2.43. The van der Waals surface area contributed by atoms with Crippen molar-refractivity contribution in [2.75, 3.05) is 19.7 Å². The fourth-order valence-corrected chi connectivity index (χ4v) is 4.18. The number of ether oxygens (including phenoxy) is 1. The van der Waals surface area contributed by atoms with Crippen LogP contribution in [0, 0.1) is 5.41 Å². The number of rotatable bonds is 2. The van der Waals surface area contributed by atoms with Crippen molar-refractivity contribution in [2.24, 2.45) is 5.41 Å². The van der Waals surface area contributed by atoms with Crippen LogP contribution in [0.5, 0.6) is 0 Å². The molecule has 2 aliphatic heterocycles. The summed E-state index contributed by atoms with van der Waals surface area (Å²) < 4.78 is 29.8. The van der Waals surface area contributed by atoms with Gasteiger partial charge in [-0.15, -0.1) is 0 Å². The molecule has 1 N–H and O–H groups in total. The standard InChI is InChI=1S/C11H13NO3S/c13-16(14,9-4-2-1-3-5-9)10-11(8-15-10)6-12-7-11/h1-5,10,12H,6-8H2. The highest BCUT2D eigenvalue weighted by molar-refractivity contribution is 7.92. The van der Waals surface area contributed by atoms with Gasteiger partial charge in [0.1, 0.15) is 0 Å². The Hall–Kier alpha value is -0.910. The predicted octanol–water partition coefficient (Wildman–Crippen LogP) is 0.406. The first-order valence-corrected chi connectivity index (χ1v) is 6.81. The molecule has 2 heterocycles. The maximum absolute atomic E-state index is 12.3. The van der Waals surface area contributed by atoms with E-state index in [2.05, 4.69) is 5.32 Å². The smallest absolute Gasteiger partial charge is 0.205 e. The summed E-state index contributed by atoms with van der Waals surface area (Å²) >= 11 is 0. The van der Waals surface area contributed by atoms with E-state index < -0.39 is 15.3 Å². The lowest BCUT2D eigenvalue weighted by Crippen LogP contribution is -2.71. The van der Waals surface area contributed by atoms with Gasteiger partial charge in [-0.2, -0.15) is 0 Å². The topological polar surface area (TPSA) is 55.4 Å². The largest absolute Gasteiger partial charge is 0.360 e. The van der Waals surface area contributed by atoms with Gasteiger partial charge < -0.3 is 10.1 Å². The summed E-state index contributed by atoms with van der Waals surface area (Å²) in [5.41, 5.74) is -0.835. The van der Waals surface area contributed by atoms with E-state index in [1.165, 1.54) is 0 Å². The van der Waals surface area contributed by atoms with Crippen LogP contribution in [0.2, 0.25) is 0 Å². The summed E-state index contributed by atoms with van der Waals surface area (Å²) in [7, 11) is -3.33. The van der Waals surface area contributed by atoms with Crippen LogP contribution in [0.1, 0.15) is 0 Å². The quantitative estimate of drug-likeness (QED) is 0.812. The van der Waals surface area contributed by atoms with E-state index in [0.29, 0.717) is 11.5 Å². The molecule has 0 bridgehead atoms. The average Bonchev–Trinajstić information content (AvgIpc) is 2.14. The third-order valence-electron chi connectivity index (χ3n) is 3.33. The van der Waals surface area contributed by atoms with Crippen molar-refractivity contribution in [1.82, 2.24) is 5.32 Å². The maximum atomic E-state index is 12.3. The Morgan fingerprint density at radius 2 is 1.94 bits per heavy atom. The summed E-state index contributed by atoms with van der Waals surface area (Å²) in [5.74, 6) is 0. The average molecular weight is 239 g/mol. The molecule has 1 unspecified atom stereocenters. The molecule has 1 aromatic carbocycles. The minimum Gasteiger partial charge on any atom is -0.360 e. The zero-order chi connectivity index (χ0) is 11.2. The van der Waals surface area contributed by atoms with Gasteiger partial charge in [0.05, 0.1) is 16.9 Å². The van der Waals surface area contributed by atoms with E-state index in [1.807, 2.05) is 0 Å². The van der Waals surface area contributed by atoms with E-state index in [9.17, 15) is 8.42 Å². The lowest BCUT2D eigenvalue weighted by Gasteiger charge is -2.54. The molecule has 0 amide bonds. The lowest BCUT2D eigenvalue weighted by atomic mass is 9.80. The van der Waals surface area contributed by atoms with Crippen LogP contribution in [-0.2, 0) is 14.6 Å². The summed E-state index contributed by atoms with van der Waals surface area (Å²) in [4.78, 5) is 0.353. The Labute approximate surface area is 94.5 Å². The molecule has 0 aliphatic carbocycles. The normalized spacial score (nSPS) is 27.1. The number of sulfone groups is 1. The second kappa shape index (κ2) is 3.29. The van der Waals surface area contributed by atoms with E-state index in [4.69, 9.17) is 4.74 Å². The molecule has 0 radical (unpaired) electrons. The minimum atomic E-state index is -3.33. The summed E-state index contributed by atoms with van der Waals surface area (Å²) in [5, 5.41) is 3.11. The van der Waals surface area contributed by atoms with Gasteiger partial charge in [-0.3, -0.25) is 0 Å². The number of hydrogen-bond donors (Lipinski definition) is 1. The zero-order valence-electron chi connectivity index (χ0n) is 8.72. The van der Waals surface area contributed by atoms with Crippen molar-refractivity contribution >= 4 is 9.84 Å². The molecule has 3 rings (SSSR count). The van der Waals surface area contributed by atoms with Crippen molar-refractivity contribution in [2.45, 2.75) is 10.3 Å². The first-order valence-electron chi connectivity index (χ1n) is 5.26. The fourth-order valence-electron chi connectivity index (χ4n) is 2.25. The van der Waals surface area contributed by atoms with Gasteiger partial charge >= 0.3 is 0 Å². The molecule has 86 valence electrons. The molecule has 0 aromatic heterocycles. The van der Waals surface area contributed by atoms with Crippen molar-refractivity contribution < 1.29 is 13.2 Å². The van der Waals surface area contributed by atoms with Crippen LogP contribution < -0.4 is 5.32 Å². The Bertz CT molecular complexity index is 488. The van der Waals surface area contributed by atoms with E-state index in [-0.39, 0.29) is 5.41 Å². The number of hydrogen-bond acceptors (Lipinski definition) is 4. The zero-order valence-corrected chi connectivity index (χ0v) is 9.53. The summed E-state index contributed by atoms with van der Waals surface area (Å²) in [6, 6.07) is 8.52. The molecule has 5 heteroatoms. The van der Waals surface area contributed by atoms with E-state index >= 15 is 0 Å². The van der Waals surface area contributed by atoms with E-state index in [1.54, 1.807) is 30.3 Å². The first kappa shape index (κ1) is 10.3. The molecular formula is C11H13NO3S. The Morgan fingerprint density at radius 3 is 2.38 bits per heavy atom. The predicted molar refractivity (Wildman–Crippen MR) is 58.7 cm³/mol. The molecule has 16 heavy (non-hydrogen) atoms. The Kier molecular flexibility index (Phi) is 2.11. The molecule has 2 aliphatic rings. The van der Waals surface area contributed by atoms with Gasteiger partial charge in [0, 0.05) is 13.1 Å². The Morgan fingerprint density at radius 1 is 1.25 bits per heavy atom. The van der Waals surface area contributed by atoms with Crippen molar-refractivity contribution in [3.63, 3.8) is 0 Å². The Balaban J connectivity index is 1.95. The van der Waals surface area contributed by atoms with Crippen LogP contribution in [-0.4, -0.2) is 33.6 Å². The van der Waals surface area contributed by atoms with Crippen LogP contribution in [0.25, 0.3) is 0 Å². The molecule has 4 nitrogen and oxygen atoms in total. The van der Waals surface area contributed by atoms with Gasteiger partial charge in [-0.25, -0.2) is 8.42 Å². The van der Waals surface area contributed by atoms with Gasteiger partial charge in [0.2, 0.25) is 9.84 Å². The lowest BCUT2D eigenvalue weighted by molar-refractivity contribution is -0.166. The van der Waals surface area contributed by atoms with Gasteiger partial charge in [0.15, 0.2) is 5.44 Å². The highest BCUT2D eigenvalue weighted by atomic mass is 32.2. The third kappa shape index (κ3) is 1.25. The number of nitrogens with one attached hydrogen (secondary N) is 1. The molecule has 1 atom stereocenters. The van der Waals surface area contributed by atoms with Gasteiger partial charge in [-0.1, -0.05) is 18.2 Å². The monoisotopic (exact) mass is 239 g/mol. The molecule has 0 saturated carbocycles. The second-order valence-electron chi connectivity index (χ2n) is 4.47. The third-order valence-corrected chi connectivity index (χ3v) is 5.46. The van der Waals surface area contributed by atoms with Crippen molar-refractivity contribution in [3.8, 4) is 0 Å².